The predicted molar refractivity (Wildman–Crippen MR) is 24.5 cm³/mol. The van der Waals surface area contributed by atoms with Crippen LogP contribution in [0.2, 0.25) is 0 Å². The van der Waals surface area contributed by atoms with Crippen molar-refractivity contribution >= 4 is 20.8 Å². The van der Waals surface area contributed by atoms with Crippen LogP contribution in [0.3, 0.4) is 0 Å². The maximum absolute atomic E-state index is 9.17. The van der Waals surface area contributed by atoms with Gasteiger partial charge in [-0.3, -0.25) is 10.1 Å². The number of nitrogens with zero attached hydrogens (tertiary/aromatic N) is 1. The highest BCUT2D eigenvalue weighted by Crippen LogP contribution is 1.84. The molecule has 0 saturated heterocycles. The summed E-state index contributed by atoms with van der Waals surface area (Å²) in [7, 11) is 0.591. The quantitative estimate of drug-likeness (QED) is 0.191. The molecule has 0 heterocycles. The lowest BCUT2D eigenvalue weighted by Crippen LogP contribution is -1.76. The SMILES string of the molecule is O=[N+]([O-])S[SiH3]. The third-order valence-electron chi connectivity index (χ3n) is 0.149. The molecule has 0 bridgehead atoms. The van der Waals surface area contributed by atoms with E-state index in [1.54, 1.807) is 0 Å². The van der Waals surface area contributed by atoms with E-state index in [1.807, 2.05) is 0 Å². The van der Waals surface area contributed by atoms with Gasteiger partial charge in [0.2, 0.25) is 0 Å². The van der Waals surface area contributed by atoms with Crippen molar-refractivity contribution in [1.29, 1.82) is 0 Å². The molecule has 0 aliphatic rings. The third kappa shape index (κ3) is 3.97. The highest BCUT2D eigenvalue weighted by molar-refractivity contribution is 8.14. The van der Waals surface area contributed by atoms with Gasteiger partial charge in [0.15, 0.2) is 20.8 Å². The van der Waals surface area contributed by atoms with Crippen LogP contribution < -0.4 is 0 Å². The zero-order chi connectivity index (χ0) is 4.28. The second-order valence-corrected chi connectivity index (χ2v) is 2.16. The Kier molecular flexibility index (Phi) is 2.20. The van der Waals surface area contributed by atoms with Crippen LogP contribution in [0.15, 0.2) is 0 Å². The molecule has 0 N–H and O–H groups in total. The van der Waals surface area contributed by atoms with Crippen molar-refractivity contribution in [3.63, 3.8) is 0 Å². The van der Waals surface area contributed by atoms with Crippen LogP contribution in [0.1, 0.15) is 0 Å². The topological polar surface area (TPSA) is 43.1 Å². The molecule has 0 unspecified atom stereocenters. The van der Waals surface area contributed by atoms with Crippen LogP contribution in [0.5, 0.6) is 0 Å². The first-order chi connectivity index (χ1) is 2.27. The molecule has 0 spiro atoms. The van der Waals surface area contributed by atoms with Crippen LogP contribution >= 0.6 is 11.4 Å². The van der Waals surface area contributed by atoms with Gasteiger partial charge in [-0.1, -0.05) is 0 Å². The Bertz CT molecular complexity index is 44.9. The first-order valence-corrected chi connectivity index (χ1v) is 4.59. The van der Waals surface area contributed by atoms with E-state index in [0.29, 0.717) is 9.39 Å². The summed E-state index contributed by atoms with van der Waals surface area (Å²) in [5.41, 5.74) is 0. The molecule has 3 nitrogen and oxygen atoms in total. The van der Waals surface area contributed by atoms with E-state index in [0.717, 1.165) is 11.4 Å². The minimum atomic E-state index is -0.397. The molecule has 0 aromatic carbocycles. The summed E-state index contributed by atoms with van der Waals surface area (Å²) in [4.78, 5) is 9.17. The van der Waals surface area contributed by atoms with Crippen molar-refractivity contribution in [1.82, 2.24) is 0 Å². The van der Waals surface area contributed by atoms with Crippen molar-refractivity contribution in [2.24, 2.45) is 0 Å². The van der Waals surface area contributed by atoms with Gasteiger partial charge < -0.3 is 0 Å². The fourth-order valence-electron chi connectivity index (χ4n) is 0. The molecule has 0 saturated carbocycles. The zero-order valence-electron chi connectivity index (χ0n) is 2.67. The first-order valence-electron chi connectivity index (χ1n) is 0.956. The standard InChI is InChI=1S/H3NO2SSi/c2-1(3)4-5/h5H3. The second kappa shape index (κ2) is 2.22. The van der Waals surface area contributed by atoms with Gasteiger partial charge in [-0.25, -0.2) is 0 Å². The fourth-order valence-corrected chi connectivity index (χ4v) is 0. The summed E-state index contributed by atoms with van der Waals surface area (Å²) in [6.45, 7) is 0. The third-order valence-corrected chi connectivity index (χ3v) is 1.34. The Morgan fingerprint density at radius 1 is 2.00 bits per heavy atom. The molecule has 0 fully saturated rings. The highest BCUT2D eigenvalue weighted by Gasteiger charge is 1.80. The van der Waals surface area contributed by atoms with E-state index < -0.39 is 4.33 Å². The lowest BCUT2D eigenvalue weighted by Gasteiger charge is -1.70. The first kappa shape index (κ1) is 4.97. The summed E-state index contributed by atoms with van der Waals surface area (Å²) in [5, 5.41) is 9.17. The van der Waals surface area contributed by atoms with Crippen LogP contribution in [0, 0.1) is 10.1 Å². The summed E-state index contributed by atoms with van der Waals surface area (Å²) in [6.07, 6.45) is 0. The van der Waals surface area contributed by atoms with Gasteiger partial charge in [0.25, 0.3) is 0 Å². The lowest BCUT2D eigenvalue weighted by molar-refractivity contribution is -0.280. The number of hydrogen-bond acceptors (Lipinski definition) is 3. The van der Waals surface area contributed by atoms with E-state index in [9.17, 15) is 10.1 Å². The van der Waals surface area contributed by atoms with E-state index in [-0.39, 0.29) is 0 Å². The molecule has 30 valence electrons. The highest BCUT2D eigenvalue weighted by atomic mass is 32.4. The predicted octanol–water partition coefficient (Wildman–Crippen LogP) is -0.808. The normalized spacial score (nSPS) is 8.00. The maximum atomic E-state index is 9.17. The van der Waals surface area contributed by atoms with Gasteiger partial charge in [0, 0.05) is 0 Å². The van der Waals surface area contributed by atoms with Crippen LogP contribution in [0.25, 0.3) is 0 Å². The van der Waals surface area contributed by atoms with E-state index in [4.69, 9.17) is 0 Å². The average molecular weight is 109 g/mol. The average Bonchev–Trinajstić information content (AvgIpc) is 1.38. The van der Waals surface area contributed by atoms with Gasteiger partial charge >= 0.3 is 0 Å². The number of rotatable bonds is 1. The van der Waals surface area contributed by atoms with Gasteiger partial charge in [-0.05, 0) is 0 Å². The largest absolute Gasteiger partial charge is 0.251 e. The minimum absolute atomic E-state index is 0.397. The fraction of sp³-hybridized carbons (Fsp3) is 0. The Morgan fingerprint density at radius 3 is 2.20 bits per heavy atom. The van der Waals surface area contributed by atoms with Crippen molar-refractivity contribution in [2.45, 2.75) is 0 Å². The maximum Gasteiger partial charge on any atom is 0.170 e. The zero-order valence-corrected chi connectivity index (χ0v) is 5.49. The smallest absolute Gasteiger partial charge is 0.170 e. The molecular formula is H3NO2SSi. The summed E-state index contributed by atoms with van der Waals surface area (Å²) in [6, 6.07) is 0. The van der Waals surface area contributed by atoms with Crippen molar-refractivity contribution in [2.75, 3.05) is 0 Å². The van der Waals surface area contributed by atoms with E-state index >= 15 is 0 Å². The molecule has 0 amide bonds. The molecule has 5 heteroatoms. The lowest BCUT2D eigenvalue weighted by atomic mass is 13.4. The van der Waals surface area contributed by atoms with Crippen molar-refractivity contribution in [3.8, 4) is 0 Å². The van der Waals surface area contributed by atoms with E-state index in [2.05, 4.69) is 0 Å². The molecule has 0 aromatic heterocycles. The second-order valence-electron chi connectivity index (χ2n) is 0.406. The Hall–Kier alpha value is -0.0331. The molecule has 0 aromatic rings. The molecular weight excluding hydrogens is 106 g/mol. The molecule has 0 radical (unpaired) electrons. The van der Waals surface area contributed by atoms with Crippen molar-refractivity contribution in [3.05, 3.63) is 10.1 Å². The van der Waals surface area contributed by atoms with Crippen LogP contribution in [-0.4, -0.2) is 13.7 Å². The Balaban J connectivity index is 2.85. The molecule has 5 heavy (non-hydrogen) atoms. The Labute approximate surface area is 36.1 Å². The summed E-state index contributed by atoms with van der Waals surface area (Å²) >= 11 is 0.741. The summed E-state index contributed by atoms with van der Waals surface area (Å²) in [5.74, 6) is 0. The van der Waals surface area contributed by atoms with Crippen LogP contribution in [0.4, 0.5) is 0 Å². The van der Waals surface area contributed by atoms with Gasteiger partial charge in [-0.2, -0.15) is 0 Å². The van der Waals surface area contributed by atoms with Gasteiger partial charge in [-0.15, -0.1) is 0 Å². The molecule has 0 aliphatic carbocycles. The number of nitro groups is 1. The molecule has 0 aliphatic heterocycles. The monoisotopic (exact) mass is 109 g/mol. The van der Waals surface area contributed by atoms with Crippen LogP contribution in [-0.2, 0) is 0 Å². The Morgan fingerprint density at radius 2 is 2.20 bits per heavy atom. The van der Waals surface area contributed by atoms with Gasteiger partial charge in [0.05, 0.1) is 4.33 Å². The van der Waals surface area contributed by atoms with Gasteiger partial charge in [0.1, 0.15) is 0 Å². The summed E-state index contributed by atoms with van der Waals surface area (Å²) < 4.78 is -0.397. The molecule has 0 rings (SSSR count). The minimum Gasteiger partial charge on any atom is -0.251 e. The molecule has 0 atom stereocenters. The number of hydrogen-bond donors (Lipinski definition) is 0. The van der Waals surface area contributed by atoms with E-state index in [1.165, 1.54) is 0 Å². The van der Waals surface area contributed by atoms with Crippen molar-refractivity contribution < 1.29 is 4.33 Å².